The summed E-state index contributed by atoms with van der Waals surface area (Å²) in [6.07, 6.45) is 3.48. The third kappa shape index (κ3) is 1.90. The first-order chi connectivity index (χ1) is 9.06. The van der Waals surface area contributed by atoms with E-state index in [1.807, 2.05) is 13.0 Å². The van der Waals surface area contributed by atoms with E-state index >= 15 is 0 Å². The second-order valence-corrected chi connectivity index (χ2v) is 4.66. The molecule has 96 valence electrons. The Balaban J connectivity index is 2.38. The molecule has 0 saturated carbocycles. The Bertz CT molecular complexity index is 779. The predicted octanol–water partition coefficient (Wildman–Crippen LogP) is 2.04. The number of anilines is 1. The topological polar surface area (TPSA) is 82.0 Å². The minimum absolute atomic E-state index is 0.234. The summed E-state index contributed by atoms with van der Waals surface area (Å²) in [4.78, 5) is 12.7. The molecule has 0 atom stereocenters. The van der Waals surface area contributed by atoms with E-state index in [-0.39, 0.29) is 5.82 Å². The van der Waals surface area contributed by atoms with Crippen molar-refractivity contribution in [1.29, 1.82) is 0 Å². The maximum Gasteiger partial charge on any atom is 0.180 e. The number of nitrogens with two attached hydrogens (primary N) is 1. The van der Waals surface area contributed by atoms with Crippen LogP contribution in [-0.2, 0) is 0 Å². The third-order valence-electron chi connectivity index (χ3n) is 2.69. The molecule has 19 heavy (non-hydrogen) atoms. The van der Waals surface area contributed by atoms with Crippen molar-refractivity contribution < 1.29 is 0 Å². The minimum Gasteiger partial charge on any atom is -0.382 e. The molecule has 0 saturated heterocycles. The molecule has 0 aliphatic carbocycles. The van der Waals surface area contributed by atoms with Gasteiger partial charge < -0.3 is 5.73 Å². The summed E-state index contributed by atoms with van der Waals surface area (Å²) in [7, 11) is 0. The lowest BCUT2D eigenvalue weighted by molar-refractivity contribution is 0.910. The summed E-state index contributed by atoms with van der Waals surface area (Å²) < 4.78 is 1.59. The summed E-state index contributed by atoms with van der Waals surface area (Å²) in [5, 5.41) is 4.61. The van der Waals surface area contributed by atoms with Crippen LogP contribution >= 0.6 is 11.6 Å². The van der Waals surface area contributed by atoms with E-state index in [2.05, 4.69) is 20.1 Å². The third-order valence-corrected chi connectivity index (χ3v) is 3.06. The lowest BCUT2D eigenvalue weighted by Crippen LogP contribution is -2.03. The smallest absolute Gasteiger partial charge is 0.180 e. The highest BCUT2D eigenvalue weighted by Crippen LogP contribution is 2.27. The normalized spacial score (nSPS) is 11.1. The van der Waals surface area contributed by atoms with Crippen LogP contribution in [0.15, 0.2) is 18.5 Å². The van der Waals surface area contributed by atoms with Crippen LogP contribution in [0.4, 0.5) is 5.82 Å². The van der Waals surface area contributed by atoms with Crippen LogP contribution in [0.2, 0.25) is 5.02 Å². The van der Waals surface area contributed by atoms with E-state index in [0.717, 1.165) is 11.1 Å². The van der Waals surface area contributed by atoms with Crippen LogP contribution in [-0.4, -0.2) is 24.6 Å². The first-order valence-corrected chi connectivity index (χ1v) is 6.04. The van der Waals surface area contributed by atoms with Crippen LogP contribution in [0.25, 0.3) is 17.0 Å². The number of nitrogens with zero attached hydrogens (tertiary/aromatic N) is 5. The van der Waals surface area contributed by atoms with Gasteiger partial charge in [-0.2, -0.15) is 4.52 Å². The van der Waals surface area contributed by atoms with Gasteiger partial charge in [0.1, 0.15) is 16.7 Å². The highest BCUT2D eigenvalue weighted by atomic mass is 35.5. The first kappa shape index (κ1) is 11.9. The number of aromatic nitrogens is 5. The molecule has 0 fully saturated rings. The molecule has 0 amide bonds. The van der Waals surface area contributed by atoms with Crippen LogP contribution < -0.4 is 5.73 Å². The number of pyridine rings is 1. The number of nitrogen functional groups attached to an aromatic ring is 1. The molecule has 0 spiro atoms. The van der Waals surface area contributed by atoms with Crippen molar-refractivity contribution in [2.45, 2.75) is 13.8 Å². The lowest BCUT2D eigenvalue weighted by Gasteiger charge is -2.06. The SMILES string of the molecule is Cc1cncc(-c2nc(N)c(Cl)c3nc(C)nn23)c1. The van der Waals surface area contributed by atoms with E-state index in [4.69, 9.17) is 17.3 Å². The summed E-state index contributed by atoms with van der Waals surface area (Å²) >= 11 is 6.10. The molecule has 0 unspecified atom stereocenters. The second-order valence-electron chi connectivity index (χ2n) is 4.28. The molecule has 0 aliphatic rings. The minimum atomic E-state index is 0.234. The van der Waals surface area contributed by atoms with Crippen molar-refractivity contribution in [2.24, 2.45) is 0 Å². The molecular formula is C12H11ClN6. The highest BCUT2D eigenvalue weighted by molar-refractivity contribution is 6.35. The fourth-order valence-electron chi connectivity index (χ4n) is 1.89. The van der Waals surface area contributed by atoms with Gasteiger partial charge in [0.25, 0.3) is 0 Å². The predicted molar refractivity (Wildman–Crippen MR) is 72.9 cm³/mol. The summed E-state index contributed by atoms with van der Waals surface area (Å²) in [5.74, 6) is 1.42. The molecular weight excluding hydrogens is 264 g/mol. The van der Waals surface area contributed by atoms with Crippen LogP contribution in [0.3, 0.4) is 0 Å². The van der Waals surface area contributed by atoms with Gasteiger partial charge in [-0.15, -0.1) is 5.10 Å². The Morgan fingerprint density at radius 3 is 2.74 bits per heavy atom. The van der Waals surface area contributed by atoms with Crippen molar-refractivity contribution >= 4 is 23.1 Å². The monoisotopic (exact) mass is 274 g/mol. The van der Waals surface area contributed by atoms with E-state index in [1.165, 1.54) is 0 Å². The highest BCUT2D eigenvalue weighted by Gasteiger charge is 2.15. The molecule has 3 rings (SSSR count). The number of hydrogen-bond donors (Lipinski definition) is 1. The number of fused-ring (bicyclic) bond motifs is 1. The van der Waals surface area contributed by atoms with Crippen LogP contribution in [0, 0.1) is 13.8 Å². The molecule has 3 aromatic rings. The number of halogens is 1. The average Bonchev–Trinajstić information content (AvgIpc) is 2.76. The molecule has 7 heteroatoms. The fourth-order valence-corrected chi connectivity index (χ4v) is 2.06. The zero-order chi connectivity index (χ0) is 13.6. The molecule has 3 heterocycles. The Hall–Kier alpha value is -2.21. The summed E-state index contributed by atoms with van der Waals surface area (Å²) in [6.45, 7) is 3.75. The quantitative estimate of drug-likeness (QED) is 0.734. The summed E-state index contributed by atoms with van der Waals surface area (Å²) in [5.41, 5.74) is 8.17. The van der Waals surface area contributed by atoms with Gasteiger partial charge in [-0.1, -0.05) is 11.6 Å². The average molecular weight is 275 g/mol. The maximum atomic E-state index is 6.10. The van der Waals surface area contributed by atoms with E-state index in [1.54, 1.807) is 23.8 Å². The zero-order valence-electron chi connectivity index (χ0n) is 10.4. The maximum absolute atomic E-state index is 6.10. The molecule has 0 radical (unpaired) electrons. The molecule has 6 nitrogen and oxygen atoms in total. The van der Waals surface area contributed by atoms with Crippen molar-refractivity contribution in [2.75, 3.05) is 5.73 Å². The summed E-state index contributed by atoms with van der Waals surface area (Å²) in [6, 6.07) is 1.96. The fraction of sp³-hybridized carbons (Fsp3) is 0.167. The molecule has 2 N–H and O–H groups in total. The Kier molecular flexibility index (Phi) is 2.60. The van der Waals surface area contributed by atoms with Crippen LogP contribution in [0.5, 0.6) is 0 Å². The largest absolute Gasteiger partial charge is 0.382 e. The van der Waals surface area contributed by atoms with Crippen molar-refractivity contribution in [3.63, 3.8) is 0 Å². The number of rotatable bonds is 1. The Morgan fingerprint density at radius 2 is 2.00 bits per heavy atom. The van der Waals surface area contributed by atoms with Gasteiger partial charge in [0.05, 0.1) is 0 Å². The van der Waals surface area contributed by atoms with Gasteiger partial charge in [-0.05, 0) is 25.5 Å². The van der Waals surface area contributed by atoms with E-state index in [0.29, 0.717) is 22.3 Å². The van der Waals surface area contributed by atoms with E-state index < -0.39 is 0 Å². The number of aryl methyl sites for hydroxylation is 2. The van der Waals surface area contributed by atoms with Crippen molar-refractivity contribution in [3.8, 4) is 11.4 Å². The van der Waals surface area contributed by atoms with Gasteiger partial charge in [0.15, 0.2) is 11.5 Å². The van der Waals surface area contributed by atoms with Crippen molar-refractivity contribution in [1.82, 2.24) is 24.6 Å². The molecule has 3 aromatic heterocycles. The Morgan fingerprint density at radius 1 is 1.21 bits per heavy atom. The first-order valence-electron chi connectivity index (χ1n) is 5.66. The molecule has 0 aliphatic heterocycles. The van der Waals surface area contributed by atoms with Gasteiger partial charge in [0.2, 0.25) is 0 Å². The molecule has 0 aromatic carbocycles. The van der Waals surface area contributed by atoms with Gasteiger partial charge in [0, 0.05) is 18.0 Å². The Labute approximate surface area is 114 Å². The van der Waals surface area contributed by atoms with Gasteiger partial charge >= 0.3 is 0 Å². The van der Waals surface area contributed by atoms with Crippen molar-refractivity contribution in [3.05, 3.63) is 34.9 Å². The molecule has 0 bridgehead atoms. The zero-order valence-corrected chi connectivity index (χ0v) is 11.2. The number of hydrogen-bond acceptors (Lipinski definition) is 5. The van der Waals surface area contributed by atoms with E-state index in [9.17, 15) is 0 Å². The van der Waals surface area contributed by atoms with Gasteiger partial charge in [-0.25, -0.2) is 9.97 Å². The lowest BCUT2D eigenvalue weighted by atomic mass is 10.2. The van der Waals surface area contributed by atoms with Crippen LogP contribution in [0.1, 0.15) is 11.4 Å². The van der Waals surface area contributed by atoms with Gasteiger partial charge in [-0.3, -0.25) is 4.98 Å². The second kappa shape index (κ2) is 4.17. The standard InChI is InChI=1S/C12H11ClN6/c1-6-3-8(5-15-4-6)11-17-10(14)9(13)12-16-7(2)18-19(11)12/h3-5H,14H2,1-2H3.